The van der Waals surface area contributed by atoms with E-state index in [0.717, 1.165) is 19.3 Å². The summed E-state index contributed by atoms with van der Waals surface area (Å²) in [6.07, 6.45) is 3.81. The van der Waals surface area contributed by atoms with Gasteiger partial charge in [-0.1, -0.05) is 26.7 Å². The van der Waals surface area contributed by atoms with Crippen molar-refractivity contribution < 1.29 is 4.79 Å². The van der Waals surface area contributed by atoms with E-state index in [-0.39, 0.29) is 5.91 Å². The molecule has 1 N–H and O–H groups in total. The summed E-state index contributed by atoms with van der Waals surface area (Å²) in [6.45, 7) is 6.34. The van der Waals surface area contributed by atoms with E-state index in [0.29, 0.717) is 13.0 Å². The molecule has 0 saturated heterocycles. The van der Waals surface area contributed by atoms with E-state index in [2.05, 4.69) is 18.3 Å². The highest BCUT2D eigenvalue weighted by Gasteiger charge is 2.30. The largest absolute Gasteiger partial charge is 0.355 e. The summed E-state index contributed by atoms with van der Waals surface area (Å²) in [5.41, 5.74) is -0.855. The smallest absolute Gasteiger partial charge is 0.240 e. The van der Waals surface area contributed by atoms with Crippen molar-refractivity contribution in [2.75, 3.05) is 6.54 Å². The molecule has 0 aromatic heterocycles. The average Bonchev–Trinajstić information content (AvgIpc) is 2.22. The van der Waals surface area contributed by atoms with Crippen molar-refractivity contribution >= 4 is 5.91 Å². The predicted octanol–water partition coefficient (Wildman–Crippen LogP) is 2.23. The van der Waals surface area contributed by atoms with Crippen molar-refractivity contribution in [3.63, 3.8) is 0 Å². The second kappa shape index (κ2) is 6.42. The molecule has 0 heterocycles. The fraction of sp³-hybridized carbons (Fsp3) is 0.818. The van der Waals surface area contributed by atoms with Gasteiger partial charge in [-0.3, -0.25) is 4.79 Å². The summed E-state index contributed by atoms with van der Waals surface area (Å²) in [7, 11) is 0. The summed E-state index contributed by atoms with van der Waals surface area (Å²) < 4.78 is 0. The summed E-state index contributed by atoms with van der Waals surface area (Å²) in [6, 6.07) is 2.06. The minimum absolute atomic E-state index is 0.140. The molecule has 0 aliphatic heterocycles. The third-order valence-electron chi connectivity index (χ3n) is 2.52. The molecule has 0 bridgehead atoms. The fourth-order valence-corrected chi connectivity index (χ4v) is 1.06. The molecule has 14 heavy (non-hydrogen) atoms. The second-order valence-corrected chi connectivity index (χ2v) is 3.76. The van der Waals surface area contributed by atoms with E-state index in [1.807, 2.05) is 6.92 Å². The van der Waals surface area contributed by atoms with Gasteiger partial charge in [0, 0.05) is 6.54 Å². The number of nitrogens with one attached hydrogen (secondary N) is 1. The van der Waals surface area contributed by atoms with Gasteiger partial charge in [0.2, 0.25) is 5.91 Å². The van der Waals surface area contributed by atoms with Gasteiger partial charge in [-0.15, -0.1) is 0 Å². The Hall–Kier alpha value is -1.04. The highest BCUT2D eigenvalue weighted by molar-refractivity contribution is 5.84. The highest BCUT2D eigenvalue weighted by atomic mass is 16.2. The molecule has 0 radical (unpaired) electrons. The molecule has 0 aromatic rings. The molecule has 0 saturated carbocycles. The Morgan fingerprint density at radius 3 is 2.50 bits per heavy atom. The molecule has 0 aliphatic carbocycles. The summed E-state index contributed by atoms with van der Waals surface area (Å²) in [5, 5.41) is 11.6. The van der Waals surface area contributed by atoms with E-state index < -0.39 is 5.41 Å². The first-order valence-electron chi connectivity index (χ1n) is 5.30. The minimum atomic E-state index is -0.855. The standard InChI is InChI=1S/C11H20N2O/c1-4-6-7-8-13-10(14)11(3,5-2)9-12/h4-8H2,1-3H3,(H,13,14). The van der Waals surface area contributed by atoms with Gasteiger partial charge in [0.25, 0.3) is 0 Å². The molecule has 3 nitrogen and oxygen atoms in total. The van der Waals surface area contributed by atoms with Crippen LogP contribution in [0.2, 0.25) is 0 Å². The monoisotopic (exact) mass is 196 g/mol. The Balaban J connectivity index is 3.90. The van der Waals surface area contributed by atoms with Gasteiger partial charge in [0.1, 0.15) is 5.41 Å². The summed E-state index contributed by atoms with van der Waals surface area (Å²) >= 11 is 0. The van der Waals surface area contributed by atoms with Crippen LogP contribution in [0.25, 0.3) is 0 Å². The number of nitrogens with zero attached hydrogens (tertiary/aromatic N) is 1. The van der Waals surface area contributed by atoms with Crippen LogP contribution in [0.3, 0.4) is 0 Å². The fourth-order valence-electron chi connectivity index (χ4n) is 1.06. The average molecular weight is 196 g/mol. The topological polar surface area (TPSA) is 52.9 Å². The first kappa shape index (κ1) is 13.0. The lowest BCUT2D eigenvalue weighted by molar-refractivity contribution is -0.127. The Bertz CT molecular complexity index is 220. The van der Waals surface area contributed by atoms with Gasteiger partial charge >= 0.3 is 0 Å². The Morgan fingerprint density at radius 2 is 2.07 bits per heavy atom. The van der Waals surface area contributed by atoms with Crippen molar-refractivity contribution in [2.24, 2.45) is 5.41 Å². The van der Waals surface area contributed by atoms with Gasteiger partial charge in [-0.2, -0.15) is 5.26 Å². The van der Waals surface area contributed by atoms with Crippen molar-refractivity contribution in [3.05, 3.63) is 0 Å². The van der Waals surface area contributed by atoms with Gasteiger partial charge in [-0.25, -0.2) is 0 Å². The quantitative estimate of drug-likeness (QED) is 0.662. The molecule has 1 atom stereocenters. The van der Waals surface area contributed by atoms with Crippen LogP contribution in [0.5, 0.6) is 0 Å². The number of hydrogen-bond donors (Lipinski definition) is 1. The number of amides is 1. The zero-order chi connectivity index (χ0) is 11.0. The van der Waals surface area contributed by atoms with Crippen molar-refractivity contribution in [1.29, 1.82) is 5.26 Å². The number of nitriles is 1. The molecule has 80 valence electrons. The molecular weight excluding hydrogens is 176 g/mol. The van der Waals surface area contributed by atoms with Crippen LogP contribution in [0.4, 0.5) is 0 Å². The SMILES string of the molecule is CCCCCNC(=O)C(C)(C#N)CC. The van der Waals surface area contributed by atoms with E-state index in [4.69, 9.17) is 5.26 Å². The zero-order valence-corrected chi connectivity index (χ0v) is 9.39. The van der Waals surface area contributed by atoms with Crippen LogP contribution < -0.4 is 5.32 Å². The second-order valence-electron chi connectivity index (χ2n) is 3.76. The molecule has 0 aromatic carbocycles. The van der Waals surface area contributed by atoms with Crippen LogP contribution in [-0.2, 0) is 4.79 Å². The lowest BCUT2D eigenvalue weighted by atomic mass is 9.88. The Kier molecular flexibility index (Phi) is 5.94. The maximum Gasteiger partial charge on any atom is 0.240 e. The first-order chi connectivity index (χ1) is 6.60. The third kappa shape index (κ3) is 3.78. The highest BCUT2D eigenvalue weighted by Crippen LogP contribution is 2.19. The van der Waals surface area contributed by atoms with Crippen LogP contribution in [0.1, 0.15) is 46.5 Å². The number of rotatable bonds is 6. The van der Waals surface area contributed by atoms with Gasteiger partial charge in [-0.05, 0) is 19.8 Å². The van der Waals surface area contributed by atoms with Gasteiger partial charge in [0.05, 0.1) is 6.07 Å². The van der Waals surface area contributed by atoms with Crippen LogP contribution in [0, 0.1) is 16.7 Å². The molecule has 0 spiro atoms. The minimum Gasteiger partial charge on any atom is -0.355 e. The van der Waals surface area contributed by atoms with E-state index >= 15 is 0 Å². The number of hydrogen-bond acceptors (Lipinski definition) is 2. The van der Waals surface area contributed by atoms with Gasteiger partial charge < -0.3 is 5.32 Å². The molecule has 0 fully saturated rings. The first-order valence-corrected chi connectivity index (χ1v) is 5.30. The number of carbonyl (C=O) groups is 1. The molecule has 3 heteroatoms. The maximum absolute atomic E-state index is 11.6. The summed E-state index contributed by atoms with van der Waals surface area (Å²) in [4.78, 5) is 11.6. The van der Waals surface area contributed by atoms with Crippen molar-refractivity contribution in [2.45, 2.75) is 46.5 Å². The molecule has 0 aliphatic rings. The van der Waals surface area contributed by atoms with Crippen LogP contribution in [0.15, 0.2) is 0 Å². The predicted molar refractivity (Wildman–Crippen MR) is 56.5 cm³/mol. The lowest BCUT2D eigenvalue weighted by Crippen LogP contribution is -2.38. The molecular formula is C11H20N2O. The van der Waals surface area contributed by atoms with E-state index in [1.54, 1.807) is 6.92 Å². The van der Waals surface area contributed by atoms with Crippen molar-refractivity contribution in [1.82, 2.24) is 5.32 Å². The summed E-state index contributed by atoms with van der Waals surface area (Å²) in [5.74, 6) is -0.140. The molecule has 1 amide bonds. The Labute approximate surface area is 86.5 Å². The van der Waals surface area contributed by atoms with E-state index in [9.17, 15) is 4.79 Å². The number of carbonyl (C=O) groups excluding carboxylic acids is 1. The normalized spacial score (nSPS) is 14.1. The number of unbranched alkanes of at least 4 members (excludes halogenated alkanes) is 2. The molecule has 1 unspecified atom stereocenters. The van der Waals surface area contributed by atoms with E-state index in [1.165, 1.54) is 0 Å². The molecule has 0 rings (SSSR count). The van der Waals surface area contributed by atoms with Crippen LogP contribution >= 0.6 is 0 Å². The zero-order valence-electron chi connectivity index (χ0n) is 9.39. The van der Waals surface area contributed by atoms with Crippen molar-refractivity contribution in [3.8, 4) is 6.07 Å². The van der Waals surface area contributed by atoms with Crippen LogP contribution in [-0.4, -0.2) is 12.5 Å². The lowest BCUT2D eigenvalue weighted by Gasteiger charge is -2.18. The Morgan fingerprint density at radius 1 is 1.43 bits per heavy atom. The van der Waals surface area contributed by atoms with Gasteiger partial charge in [0.15, 0.2) is 0 Å². The third-order valence-corrected chi connectivity index (χ3v) is 2.52. The maximum atomic E-state index is 11.6.